The summed E-state index contributed by atoms with van der Waals surface area (Å²) in [6.45, 7) is 0. The number of amides is 3. The van der Waals surface area contributed by atoms with Gasteiger partial charge in [0.15, 0.2) is 0 Å². The van der Waals surface area contributed by atoms with Crippen LogP contribution in [0.1, 0.15) is 37.7 Å². The van der Waals surface area contributed by atoms with Crippen molar-refractivity contribution in [1.29, 1.82) is 0 Å². The highest BCUT2D eigenvalue weighted by Crippen LogP contribution is 2.33. The van der Waals surface area contributed by atoms with E-state index in [0.717, 1.165) is 24.3 Å². The number of hydrogen-bond donors (Lipinski definition) is 2. The monoisotopic (exact) mass is 317 g/mol. The van der Waals surface area contributed by atoms with Gasteiger partial charge in [0.05, 0.1) is 13.3 Å². The van der Waals surface area contributed by atoms with Crippen molar-refractivity contribution in [2.24, 2.45) is 5.10 Å². The number of imide groups is 1. The first-order valence-electron chi connectivity index (χ1n) is 7.63. The first-order chi connectivity index (χ1) is 11.1. The van der Waals surface area contributed by atoms with Crippen molar-refractivity contribution >= 4 is 18.2 Å². The Morgan fingerprint density at radius 2 is 2.04 bits per heavy atom. The summed E-state index contributed by atoms with van der Waals surface area (Å²) in [5.41, 5.74) is -0.433. The van der Waals surface area contributed by atoms with Crippen molar-refractivity contribution in [3.05, 3.63) is 23.8 Å². The first-order valence-corrected chi connectivity index (χ1v) is 7.63. The zero-order valence-electron chi connectivity index (χ0n) is 12.9. The van der Waals surface area contributed by atoms with Gasteiger partial charge in [-0.1, -0.05) is 19.3 Å². The molecule has 1 heterocycles. The minimum atomic E-state index is -0.802. The number of aromatic hydroxyl groups is 1. The average Bonchev–Trinajstić information content (AvgIpc) is 2.78. The van der Waals surface area contributed by atoms with Crippen LogP contribution in [0.3, 0.4) is 0 Å². The zero-order chi connectivity index (χ0) is 16.4. The number of ether oxygens (including phenoxy) is 1. The molecule has 3 amide bonds. The van der Waals surface area contributed by atoms with Crippen LogP contribution >= 0.6 is 0 Å². The van der Waals surface area contributed by atoms with E-state index in [1.165, 1.54) is 19.4 Å². The van der Waals surface area contributed by atoms with Gasteiger partial charge in [-0.05, 0) is 31.0 Å². The van der Waals surface area contributed by atoms with Crippen molar-refractivity contribution in [3.8, 4) is 11.5 Å². The molecule has 0 aromatic heterocycles. The van der Waals surface area contributed by atoms with Gasteiger partial charge in [0.1, 0.15) is 17.0 Å². The fourth-order valence-corrected chi connectivity index (χ4v) is 3.09. The van der Waals surface area contributed by atoms with Gasteiger partial charge < -0.3 is 15.2 Å². The summed E-state index contributed by atoms with van der Waals surface area (Å²) in [5.74, 6) is 0.222. The van der Waals surface area contributed by atoms with Gasteiger partial charge in [-0.2, -0.15) is 5.10 Å². The van der Waals surface area contributed by atoms with Crippen molar-refractivity contribution in [2.75, 3.05) is 7.11 Å². The second-order valence-electron chi connectivity index (χ2n) is 5.86. The van der Waals surface area contributed by atoms with Crippen LogP contribution in [0.2, 0.25) is 0 Å². The largest absolute Gasteiger partial charge is 0.507 e. The third kappa shape index (κ3) is 2.74. The molecule has 1 aliphatic heterocycles. The number of carbonyl (C=O) groups is 2. The molecule has 3 rings (SSSR count). The van der Waals surface area contributed by atoms with E-state index in [1.54, 1.807) is 12.1 Å². The minimum Gasteiger partial charge on any atom is -0.507 e. The Balaban J connectivity index is 1.82. The SMILES string of the molecule is COc1ccc(O)c(C=NN2C(=O)NC3(CCCCC3)C2=O)c1. The maximum absolute atomic E-state index is 12.6. The number of hydrazone groups is 1. The molecular weight excluding hydrogens is 298 g/mol. The lowest BCUT2D eigenvalue weighted by Gasteiger charge is -2.29. The Morgan fingerprint density at radius 1 is 1.30 bits per heavy atom. The van der Waals surface area contributed by atoms with Crippen molar-refractivity contribution in [2.45, 2.75) is 37.6 Å². The lowest BCUT2D eigenvalue weighted by Crippen LogP contribution is -2.48. The zero-order valence-corrected chi connectivity index (χ0v) is 12.9. The molecule has 0 bridgehead atoms. The Bertz CT molecular complexity index is 665. The number of benzene rings is 1. The molecule has 1 aromatic carbocycles. The number of rotatable bonds is 3. The van der Waals surface area contributed by atoms with Gasteiger partial charge in [0, 0.05) is 5.56 Å². The van der Waals surface area contributed by atoms with E-state index in [-0.39, 0.29) is 11.7 Å². The third-order valence-corrected chi connectivity index (χ3v) is 4.39. The van der Waals surface area contributed by atoms with Gasteiger partial charge in [-0.25, -0.2) is 4.79 Å². The molecule has 1 saturated carbocycles. The van der Waals surface area contributed by atoms with Gasteiger partial charge in [-0.15, -0.1) is 5.01 Å². The molecule has 0 radical (unpaired) electrons. The van der Waals surface area contributed by atoms with Crippen LogP contribution in [0.5, 0.6) is 11.5 Å². The maximum Gasteiger partial charge on any atom is 0.346 e. The number of carbonyl (C=O) groups excluding carboxylic acids is 2. The molecule has 1 aliphatic carbocycles. The molecule has 2 N–H and O–H groups in total. The number of urea groups is 1. The Hall–Kier alpha value is -2.57. The van der Waals surface area contributed by atoms with E-state index in [4.69, 9.17) is 4.74 Å². The molecule has 0 atom stereocenters. The summed E-state index contributed by atoms with van der Waals surface area (Å²) in [5, 5.41) is 17.4. The van der Waals surface area contributed by atoms with Crippen LogP contribution < -0.4 is 10.1 Å². The molecule has 7 heteroatoms. The number of nitrogens with one attached hydrogen (secondary N) is 1. The third-order valence-electron chi connectivity index (χ3n) is 4.39. The predicted molar refractivity (Wildman–Crippen MR) is 83.4 cm³/mol. The Kier molecular flexibility index (Phi) is 3.94. The van der Waals surface area contributed by atoms with Crippen LogP contribution in [0.4, 0.5) is 4.79 Å². The molecule has 23 heavy (non-hydrogen) atoms. The van der Waals surface area contributed by atoms with Gasteiger partial charge >= 0.3 is 6.03 Å². The molecule has 1 aromatic rings. The molecular formula is C16H19N3O4. The van der Waals surface area contributed by atoms with Crippen LogP contribution in [-0.4, -0.2) is 40.9 Å². The fourth-order valence-electron chi connectivity index (χ4n) is 3.09. The van der Waals surface area contributed by atoms with Gasteiger partial charge in [-0.3, -0.25) is 4.79 Å². The summed E-state index contributed by atoms with van der Waals surface area (Å²) in [7, 11) is 1.51. The van der Waals surface area contributed by atoms with Crippen LogP contribution in [-0.2, 0) is 4.79 Å². The quantitative estimate of drug-likeness (QED) is 0.659. The lowest BCUT2D eigenvalue weighted by molar-refractivity contribution is -0.132. The summed E-state index contributed by atoms with van der Waals surface area (Å²) < 4.78 is 5.08. The number of nitrogens with zero attached hydrogens (tertiary/aromatic N) is 2. The Morgan fingerprint density at radius 3 is 2.74 bits per heavy atom. The van der Waals surface area contributed by atoms with E-state index in [1.807, 2.05) is 0 Å². The first kappa shape index (κ1) is 15.3. The predicted octanol–water partition coefficient (Wildman–Crippen LogP) is 1.99. The van der Waals surface area contributed by atoms with E-state index >= 15 is 0 Å². The summed E-state index contributed by atoms with van der Waals surface area (Å²) in [6.07, 6.45) is 5.49. The summed E-state index contributed by atoms with van der Waals surface area (Å²) in [4.78, 5) is 24.6. The molecule has 1 saturated heterocycles. The normalized spacial score (nSPS) is 20.3. The standard InChI is InChI=1S/C16H19N3O4/c1-23-12-5-6-13(20)11(9-12)10-17-19-14(21)16(18-15(19)22)7-3-2-4-8-16/h5-6,9-10,20H,2-4,7-8H2,1H3,(H,18,22). The van der Waals surface area contributed by atoms with Crippen molar-refractivity contribution in [3.63, 3.8) is 0 Å². The van der Waals surface area contributed by atoms with E-state index in [9.17, 15) is 14.7 Å². The number of hydrogen-bond acceptors (Lipinski definition) is 5. The van der Waals surface area contributed by atoms with Crippen molar-refractivity contribution in [1.82, 2.24) is 10.3 Å². The minimum absolute atomic E-state index is 0.00557. The topological polar surface area (TPSA) is 91.2 Å². The second kappa shape index (κ2) is 5.91. The highest BCUT2D eigenvalue weighted by Gasteiger charge is 2.51. The van der Waals surface area contributed by atoms with Gasteiger partial charge in [0.2, 0.25) is 0 Å². The lowest BCUT2D eigenvalue weighted by atomic mass is 9.82. The number of phenols is 1. The van der Waals surface area contributed by atoms with E-state index < -0.39 is 11.6 Å². The fraction of sp³-hybridized carbons (Fsp3) is 0.438. The number of methoxy groups -OCH3 is 1. The highest BCUT2D eigenvalue weighted by molar-refractivity contribution is 6.07. The average molecular weight is 317 g/mol. The smallest absolute Gasteiger partial charge is 0.346 e. The maximum atomic E-state index is 12.6. The molecule has 7 nitrogen and oxygen atoms in total. The van der Waals surface area contributed by atoms with Crippen molar-refractivity contribution < 1.29 is 19.4 Å². The molecule has 1 spiro atoms. The van der Waals surface area contributed by atoms with E-state index in [0.29, 0.717) is 24.2 Å². The molecule has 0 unspecified atom stereocenters. The summed E-state index contributed by atoms with van der Waals surface area (Å²) >= 11 is 0. The Labute approximate surface area is 133 Å². The van der Waals surface area contributed by atoms with Crippen LogP contribution in [0, 0.1) is 0 Å². The second-order valence-corrected chi connectivity index (χ2v) is 5.86. The molecule has 2 aliphatic rings. The van der Waals surface area contributed by atoms with Crippen LogP contribution in [0.25, 0.3) is 0 Å². The van der Waals surface area contributed by atoms with Crippen LogP contribution in [0.15, 0.2) is 23.3 Å². The molecule has 2 fully saturated rings. The number of phenolic OH excluding ortho intramolecular Hbond substituents is 1. The molecule has 122 valence electrons. The van der Waals surface area contributed by atoms with E-state index in [2.05, 4.69) is 10.4 Å². The van der Waals surface area contributed by atoms with Gasteiger partial charge in [0.25, 0.3) is 5.91 Å². The summed E-state index contributed by atoms with van der Waals surface area (Å²) in [6, 6.07) is 4.13. The highest BCUT2D eigenvalue weighted by atomic mass is 16.5.